The lowest BCUT2D eigenvalue weighted by molar-refractivity contribution is 0.166. The third-order valence-electron chi connectivity index (χ3n) is 0.688. The second-order valence-corrected chi connectivity index (χ2v) is 1.63. The predicted octanol–water partition coefficient (Wildman–Crippen LogP) is -0.280. The van der Waals surface area contributed by atoms with Crippen molar-refractivity contribution >= 4 is 12.4 Å². The van der Waals surface area contributed by atoms with Gasteiger partial charge in [-0.05, 0) is 6.92 Å². The summed E-state index contributed by atoms with van der Waals surface area (Å²) in [5, 5.41) is 11.2. The van der Waals surface area contributed by atoms with Gasteiger partial charge in [-0.2, -0.15) is 0 Å². The average molecular weight is 110 g/mol. The van der Waals surface area contributed by atoms with Crippen LogP contribution in [0.1, 0.15) is 6.92 Å². The highest BCUT2D eigenvalue weighted by Crippen LogP contribution is 2.07. The average Bonchev–Trinajstić information content (AvgIpc) is 1.76. The van der Waals surface area contributed by atoms with Crippen LogP contribution in [0.2, 0.25) is 0 Å². The second-order valence-electron chi connectivity index (χ2n) is 1.63. The third-order valence-corrected chi connectivity index (χ3v) is 0.688. The van der Waals surface area contributed by atoms with Crippen LogP contribution < -0.4 is 5.32 Å². The van der Waals surface area contributed by atoms with Crippen molar-refractivity contribution in [1.29, 1.82) is 0 Å². The quantitative estimate of drug-likeness (QED) is 0.420. The van der Waals surface area contributed by atoms with Crippen LogP contribution in [-0.2, 0) is 0 Å². The number of hydrogen-bond acceptors (Lipinski definition) is 2. The number of halogens is 1. The van der Waals surface area contributed by atoms with Crippen molar-refractivity contribution in [3.8, 4) is 0 Å². The van der Waals surface area contributed by atoms with E-state index in [0.29, 0.717) is 0 Å². The Kier molecular flexibility index (Phi) is 1.42. The summed E-state index contributed by atoms with van der Waals surface area (Å²) in [5.41, 5.74) is -0.500. The van der Waals surface area contributed by atoms with Crippen LogP contribution in [0.15, 0.2) is 0 Å². The Morgan fingerprint density at radius 2 is 2.00 bits per heavy atom. The number of hydrogen-bond donors (Lipinski definition) is 2. The second kappa shape index (κ2) is 1.37. The first-order valence-electron chi connectivity index (χ1n) is 1.68. The van der Waals surface area contributed by atoms with E-state index in [1.54, 1.807) is 6.92 Å². The molecule has 0 saturated carbocycles. The van der Waals surface area contributed by atoms with Crippen LogP contribution in [0.3, 0.4) is 0 Å². The molecule has 0 aliphatic carbocycles. The summed E-state index contributed by atoms with van der Waals surface area (Å²) in [6.07, 6.45) is 0. The van der Waals surface area contributed by atoms with E-state index in [1.807, 2.05) is 0 Å². The van der Waals surface area contributed by atoms with E-state index in [1.165, 1.54) is 0 Å². The molecule has 0 amide bonds. The molecule has 3 heteroatoms. The number of aliphatic hydroxyl groups is 1. The molecule has 1 atom stereocenters. The minimum atomic E-state index is -0.500. The lowest BCUT2D eigenvalue weighted by atomic mass is 10.5. The fraction of sp³-hybridized carbons (Fsp3) is 1.00. The summed E-state index contributed by atoms with van der Waals surface area (Å²) in [4.78, 5) is 0. The Morgan fingerprint density at radius 3 is 2.00 bits per heavy atom. The van der Waals surface area contributed by atoms with Crippen molar-refractivity contribution in [3.05, 3.63) is 0 Å². The summed E-state index contributed by atoms with van der Waals surface area (Å²) in [5.74, 6) is 0. The molecule has 1 heterocycles. The molecule has 1 unspecified atom stereocenters. The van der Waals surface area contributed by atoms with Crippen molar-refractivity contribution in [2.45, 2.75) is 12.6 Å². The van der Waals surface area contributed by atoms with Crippen LogP contribution in [0, 0.1) is 0 Å². The summed E-state index contributed by atoms with van der Waals surface area (Å²) in [6, 6.07) is 0. The van der Waals surface area contributed by atoms with E-state index in [2.05, 4.69) is 5.32 Å². The van der Waals surface area contributed by atoms with Gasteiger partial charge in [0.15, 0.2) is 0 Å². The van der Waals surface area contributed by atoms with Gasteiger partial charge < -0.3 is 5.11 Å². The molecule has 2 nitrogen and oxygen atoms in total. The molecule has 1 rings (SSSR count). The topological polar surface area (TPSA) is 42.2 Å². The molecule has 0 spiro atoms. The van der Waals surface area contributed by atoms with Crippen molar-refractivity contribution in [3.63, 3.8) is 0 Å². The molecule has 2 N–H and O–H groups in total. The molecule has 0 aromatic rings. The van der Waals surface area contributed by atoms with Crippen LogP contribution in [0.5, 0.6) is 0 Å². The zero-order valence-electron chi connectivity index (χ0n) is 3.56. The molecule has 6 heavy (non-hydrogen) atoms. The van der Waals surface area contributed by atoms with Gasteiger partial charge >= 0.3 is 0 Å². The van der Waals surface area contributed by atoms with E-state index in [0.717, 1.165) is 6.54 Å². The predicted molar refractivity (Wildman–Crippen MR) is 25.9 cm³/mol. The fourth-order valence-corrected chi connectivity index (χ4v) is 0.128. The molecular weight excluding hydrogens is 101 g/mol. The first kappa shape index (κ1) is 6.21. The SMILES string of the molecule is CC1(O)CN1.Cl. The summed E-state index contributed by atoms with van der Waals surface area (Å²) < 4.78 is 0. The van der Waals surface area contributed by atoms with Crippen molar-refractivity contribution in [2.24, 2.45) is 0 Å². The Hall–Kier alpha value is 0.210. The summed E-state index contributed by atoms with van der Waals surface area (Å²) in [7, 11) is 0. The van der Waals surface area contributed by atoms with Gasteiger partial charge in [0.1, 0.15) is 5.72 Å². The van der Waals surface area contributed by atoms with E-state index in [-0.39, 0.29) is 12.4 Å². The Morgan fingerprint density at radius 1 is 1.83 bits per heavy atom. The normalized spacial score (nSPS) is 41.0. The molecule has 0 bridgehead atoms. The largest absolute Gasteiger partial charge is 0.375 e. The van der Waals surface area contributed by atoms with Crippen LogP contribution in [0.25, 0.3) is 0 Å². The minimum Gasteiger partial charge on any atom is -0.375 e. The number of β-amino-alcohol motifs (C(OH)–C–C–N with tert-alkyl or cyclic N) is 1. The maximum absolute atomic E-state index is 8.52. The van der Waals surface area contributed by atoms with Gasteiger partial charge in [0.2, 0.25) is 0 Å². The minimum absolute atomic E-state index is 0. The maximum Gasteiger partial charge on any atom is 0.125 e. The Balaban J connectivity index is 0.000000250. The molecule has 38 valence electrons. The lowest BCUT2D eigenvalue weighted by Crippen LogP contribution is -2.04. The first-order valence-corrected chi connectivity index (χ1v) is 1.68. The third kappa shape index (κ3) is 1.60. The smallest absolute Gasteiger partial charge is 0.125 e. The van der Waals surface area contributed by atoms with Crippen LogP contribution >= 0.6 is 12.4 Å². The zero-order chi connectivity index (χ0) is 3.91. The first-order chi connectivity index (χ1) is 2.21. The summed E-state index contributed by atoms with van der Waals surface area (Å²) >= 11 is 0. The van der Waals surface area contributed by atoms with Crippen LogP contribution in [-0.4, -0.2) is 17.4 Å². The van der Waals surface area contributed by atoms with E-state index >= 15 is 0 Å². The highest BCUT2D eigenvalue weighted by molar-refractivity contribution is 5.85. The summed E-state index contributed by atoms with van der Waals surface area (Å²) in [6.45, 7) is 2.50. The van der Waals surface area contributed by atoms with Crippen molar-refractivity contribution in [2.75, 3.05) is 6.54 Å². The van der Waals surface area contributed by atoms with Crippen molar-refractivity contribution < 1.29 is 5.11 Å². The highest BCUT2D eigenvalue weighted by atomic mass is 35.5. The molecule has 1 aliphatic rings. The molecular formula is C3H8ClNO. The molecule has 0 aromatic heterocycles. The highest BCUT2D eigenvalue weighted by Gasteiger charge is 2.32. The monoisotopic (exact) mass is 109 g/mol. The Labute approximate surface area is 43.0 Å². The Bertz CT molecular complexity index is 48.8. The zero-order valence-corrected chi connectivity index (χ0v) is 4.38. The fourth-order valence-electron chi connectivity index (χ4n) is 0.128. The molecule has 1 fully saturated rings. The molecule has 0 radical (unpaired) electrons. The van der Waals surface area contributed by atoms with E-state index in [9.17, 15) is 0 Å². The lowest BCUT2D eigenvalue weighted by Gasteiger charge is -1.84. The standard InChI is InChI=1S/C3H7NO.ClH/c1-3(5)2-4-3;/h4-5H,2H2,1H3;1H. The molecule has 0 aromatic carbocycles. The maximum atomic E-state index is 8.52. The van der Waals surface area contributed by atoms with Gasteiger partial charge in [-0.15, -0.1) is 12.4 Å². The van der Waals surface area contributed by atoms with Gasteiger partial charge in [-0.1, -0.05) is 0 Å². The van der Waals surface area contributed by atoms with Crippen molar-refractivity contribution in [1.82, 2.24) is 5.32 Å². The van der Waals surface area contributed by atoms with E-state index < -0.39 is 5.72 Å². The van der Waals surface area contributed by atoms with Gasteiger partial charge in [0.25, 0.3) is 0 Å². The van der Waals surface area contributed by atoms with Gasteiger partial charge in [-0.3, -0.25) is 5.32 Å². The molecule has 1 aliphatic heterocycles. The molecule has 1 saturated heterocycles. The van der Waals surface area contributed by atoms with Gasteiger partial charge in [0.05, 0.1) is 0 Å². The number of rotatable bonds is 0. The van der Waals surface area contributed by atoms with Gasteiger partial charge in [-0.25, -0.2) is 0 Å². The number of nitrogens with one attached hydrogen (secondary N) is 1. The van der Waals surface area contributed by atoms with Crippen LogP contribution in [0.4, 0.5) is 0 Å². The van der Waals surface area contributed by atoms with E-state index in [4.69, 9.17) is 5.11 Å². The van der Waals surface area contributed by atoms with Gasteiger partial charge in [0, 0.05) is 6.54 Å².